The number of hydrogen-bond donors (Lipinski definition) is 1. The molecule has 0 spiro atoms. The van der Waals surface area contributed by atoms with Gasteiger partial charge in [0.1, 0.15) is 5.75 Å². The van der Waals surface area contributed by atoms with Gasteiger partial charge in [-0.1, -0.05) is 12.1 Å². The Hall–Kier alpha value is -1.06. The normalized spacial score (nSPS) is 10.9. The van der Waals surface area contributed by atoms with Crippen LogP contribution in [0.3, 0.4) is 0 Å². The zero-order valence-corrected chi connectivity index (χ0v) is 11.8. The summed E-state index contributed by atoms with van der Waals surface area (Å²) in [6, 6.07) is 6.39. The van der Waals surface area contributed by atoms with E-state index in [1.54, 1.807) is 0 Å². The van der Waals surface area contributed by atoms with Crippen LogP contribution in [0.25, 0.3) is 0 Å². The molecule has 0 heterocycles. The average molecular weight is 251 g/mol. The summed E-state index contributed by atoms with van der Waals surface area (Å²) in [6.07, 6.45) is 1.88. The highest BCUT2D eigenvalue weighted by Gasteiger charge is 2.03. The first kappa shape index (κ1) is 15.0. The highest BCUT2D eigenvalue weighted by Crippen LogP contribution is 2.19. The van der Waals surface area contributed by atoms with Crippen LogP contribution in [0, 0.1) is 6.92 Å². The van der Waals surface area contributed by atoms with Crippen LogP contribution in [-0.4, -0.2) is 43.4 Å². The Labute approximate surface area is 110 Å². The minimum Gasteiger partial charge on any atom is -0.494 e. The average Bonchev–Trinajstić information content (AvgIpc) is 2.37. The van der Waals surface area contributed by atoms with Gasteiger partial charge < -0.3 is 14.7 Å². The number of aliphatic hydroxyl groups is 1. The molecular formula is C15H25NO2. The molecule has 3 nitrogen and oxygen atoms in total. The van der Waals surface area contributed by atoms with Crippen molar-refractivity contribution < 1.29 is 9.84 Å². The lowest BCUT2D eigenvalue weighted by molar-refractivity contribution is 0.248. The molecule has 1 aromatic carbocycles. The van der Waals surface area contributed by atoms with E-state index in [4.69, 9.17) is 9.84 Å². The molecule has 0 bridgehead atoms. The molecule has 0 unspecified atom stereocenters. The van der Waals surface area contributed by atoms with Crippen LogP contribution in [0.5, 0.6) is 5.75 Å². The topological polar surface area (TPSA) is 32.7 Å². The van der Waals surface area contributed by atoms with Gasteiger partial charge in [-0.15, -0.1) is 0 Å². The highest BCUT2D eigenvalue weighted by molar-refractivity contribution is 5.36. The molecule has 0 aliphatic rings. The lowest BCUT2D eigenvalue weighted by Gasteiger charge is -2.16. The molecular weight excluding hydrogens is 226 g/mol. The molecule has 18 heavy (non-hydrogen) atoms. The standard InChI is InChI=1S/C15H25NO2/c1-4-18-15-7-6-14(12-13(15)2)8-10-16(3)9-5-11-17/h6-7,12,17H,4-5,8-11H2,1-3H3. The Bertz CT molecular complexity index is 352. The number of benzene rings is 1. The van der Waals surface area contributed by atoms with Crippen molar-refractivity contribution in [1.29, 1.82) is 0 Å². The third kappa shape index (κ3) is 5.07. The Morgan fingerprint density at radius 3 is 2.67 bits per heavy atom. The van der Waals surface area contributed by atoms with Crippen molar-refractivity contribution in [2.75, 3.05) is 33.4 Å². The Balaban J connectivity index is 2.45. The second-order valence-corrected chi connectivity index (χ2v) is 4.66. The summed E-state index contributed by atoms with van der Waals surface area (Å²) >= 11 is 0. The minimum absolute atomic E-state index is 0.270. The number of ether oxygens (including phenoxy) is 1. The molecule has 102 valence electrons. The Morgan fingerprint density at radius 2 is 2.06 bits per heavy atom. The van der Waals surface area contributed by atoms with E-state index in [1.807, 2.05) is 6.92 Å². The Morgan fingerprint density at radius 1 is 1.28 bits per heavy atom. The smallest absolute Gasteiger partial charge is 0.122 e. The van der Waals surface area contributed by atoms with E-state index in [-0.39, 0.29) is 6.61 Å². The SMILES string of the molecule is CCOc1ccc(CCN(C)CCCO)cc1C. The summed E-state index contributed by atoms with van der Waals surface area (Å²) in [7, 11) is 2.09. The van der Waals surface area contributed by atoms with Gasteiger partial charge in [-0.25, -0.2) is 0 Å². The molecule has 0 saturated heterocycles. The molecule has 0 fully saturated rings. The summed E-state index contributed by atoms with van der Waals surface area (Å²) in [5.41, 5.74) is 2.54. The summed E-state index contributed by atoms with van der Waals surface area (Å²) < 4.78 is 5.53. The van der Waals surface area contributed by atoms with Gasteiger partial charge in [0.05, 0.1) is 6.61 Å². The van der Waals surface area contributed by atoms with Gasteiger partial charge in [0, 0.05) is 19.7 Å². The monoisotopic (exact) mass is 251 g/mol. The molecule has 0 aliphatic carbocycles. The molecule has 0 radical (unpaired) electrons. The first-order chi connectivity index (χ1) is 8.67. The molecule has 0 aromatic heterocycles. The molecule has 0 atom stereocenters. The van der Waals surface area contributed by atoms with E-state index in [9.17, 15) is 0 Å². The lowest BCUT2D eigenvalue weighted by atomic mass is 10.1. The molecule has 0 amide bonds. The summed E-state index contributed by atoms with van der Waals surface area (Å²) in [5.74, 6) is 0.981. The largest absolute Gasteiger partial charge is 0.494 e. The summed E-state index contributed by atoms with van der Waals surface area (Å²) in [6.45, 7) is 7.05. The first-order valence-corrected chi connectivity index (χ1v) is 6.69. The number of rotatable bonds is 8. The highest BCUT2D eigenvalue weighted by atomic mass is 16.5. The van der Waals surface area contributed by atoms with E-state index in [2.05, 4.69) is 37.1 Å². The van der Waals surface area contributed by atoms with Gasteiger partial charge in [0.25, 0.3) is 0 Å². The van der Waals surface area contributed by atoms with Gasteiger partial charge in [-0.2, -0.15) is 0 Å². The van der Waals surface area contributed by atoms with Crippen LogP contribution in [0.4, 0.5) is 0 Å². The van der Waals surface area contributed by atoms with Crippen LogP contribution >= 0.6 is 0 Å². The van der Waals surface area contributed by atoms with Crippen molar-refractivity contribution >= 4 is 0 Å². The third-order valence-corrected chi connectivity index (χ3v) is 3.02. The van der Waals surface area contributed by atoms with Crippen molar-refractivity contribution in [1.82, 2.24) is 4.90 Å². The first-order valence-electron chi connectivity index (χ1n) is 6.69. The zero-order chi connectivity index (χ0) is 13.4. The third-order valence-electron chi connectivity index (χ3n) is 3.02. The molecule has 1 aromatic rings. The number of likely N-dealkylation sites (N-methyl/N-ethyl adjacent to an activating group) is 1. The van der Waals surface area contributed by atoms with Crippen LogP contribution in [0.15, 0.2) is 18.2 Å². The van der Waals surface area contributed by atoms with E-state index in [0.29, 0.717) is 6.61 Å². The van der Waals surface area contributed by atoms with Crippen molar-refractivity contribution in [3.8, 4) is 5.75 Å². The molecule has 3 heteroatoms. The van der Waals surface area contributed by atoms with Crippen molar-refractivity contribution in [2.24, 2.45) is 0 Å². The predicted octanol–water partition coefficient (Wildman–Crippen LogP) is 2.25. The van der Waals surface area contributed by atoms with Gasteiger partial charge in [0.2, 0.25) is 0 Å². The van der Waals surface area contributed by atoms with Crippen LogP contribution in [-0.2, 0) is 6.42 Å². The Kier molecular flexibility index (Phi) is 6.76. The van der Waals surface area contributed by atoms with Crippen molar-refractivity contribution in [3.63, 3.8) is 0 Å². The molecule has 1 rings (SSSR count). The van der Waals surface area contributed by atoms with Gasteiger partial charge in [-0.3, -0.25) is 0 Å². The fourth-order valence-corrected chi connectivity index (χ4v) is 1.96. The van der Waals surface area contributed by atoms with E-state index in [0.717, 1.165) is 31.7 Å². The van der Waals surface area contributed by atoms with Crippen LogP contribution in [0.2, 0.25) is 0 Å². The fraction of sp³-hybridized carbons (Fsp3) is 0.600. The maximum absolute atomic E-state index is 8.78. The van der Waals surface area contributed by atoms with E-state index >= 15 is 0 Å². The number of aliphatic hydroxyl groups excluding tert-OH is 1. The van der Waals surface area contributed by atoms with E-state index in [1.165, 1.54) is 11.1 Å². The van der Waals surface area contributed by atoms with E-state index < -0.39 is 0 Å². The molecule has 1 N–H and O–H groups in total. The number of aryl methyl sites for hydroxylation is 1. The van der Waals surface area contributed by atoms with Crippen molar-refractivity contribution in [3.05, 3.63) is 29.3 Å². The van der Waals surface area contributed by atoms with Gasteiger partial charge >= 0.3 is 0 Å². The maximum atomic E-state index is 8.78. The summed E-state index contributed by atoms with van der Waals surface area (Å²) in [4.78, 5) is 2.25. The quantitative estimate of drug-likeness (QED) is 0.769. The van der Waals surface area contributed by atoms with Crippen LogP contribution < -0.4 is 4.74 Å². The zero-order valence-electron chi connectivity index (χ0n) is 11.8. The predicted molar refractivity (Wildman–Crippen MR) is 75.3 cm³/mol. The maximum Gasteiger partial charge on any atom is 0.122 e. The molecule has 0 aliphatic heterocycles. The van der Waals surface area contributed by atoms with Gasteiger partial charge in [0.15, 0.2) is 0 Å². The second kappa shape index (κ2) is 8.11. The minimum atomic E-state index is 0.270. The summed E-state index contributed by atoms with van der Waals surface area (Å²) in [5, 5.41) is 8.78. The van der Waals surface area contributed by atoms with Crippen molar-refractivity contribution in [2.45, 2.75) is 26.7 Å². The van der Waals surface area contributed by atoms with Gasteiger partial charge in [-0.05, 0) is 50.9 Å². The fourth-order valence-electron chi connectivity index (χ4n) is 1.96. The molecule has 0 saturated carbocycles. The number of hydrogen-bond acceptors (Lipinski definition) is 3. The second-order valence-electron chi connectivity index (χ2n) is 4.66. The number of nitrogens with zero attached hydrogens (tertiary/aromatic N) is 1. The van der Waals surface area contributed by atoms with Crippen LogP contribution in [0.1, 0.15) is 24.5 Å². The lowest BCUT2D eigenvalue weighted by Crippen LogP contribution is -2.23.